The van der Waals surface area contributed by atoms with Crippen LogP contribution >= 0.6 is 0 Å². The Bertz CT molecular complexity index is 569. The molecule has 0 amide bonds. The highest BCUT2D eigenvalue weighted by Gasteiger charge is 2.67. The van der Waals surface area contributed by atoms with Gasteiger partial charge in [0.05, 0.1) is 5.56 Å². The van der Waals surface area contributed by atoms with Crippen LogP contribution in [0, 0.1) is 17.8 Å². The van der Waals surface area contributed by atoms with Crippen LogP contribution in [-0.2, 0) is 4.74 Å². The second-order valence-electron chi connectivity index (χ2n) is 6.53. The minimum atomic E-state index is -5.41. The van der Waals surface area contributed by atoms with Crippen LogP contribution in [0.4, 0.5) is 22.0 Å². The number of esters is 1. The zero-order valence-electron chi connectivity index (χ0n) is 14.5. The van der Waals surface area contributed by atoms with Crippen molar-refractivity contribution in [2.24, 2.45) is 11.3 Å². The van der Waals surface area contributed by atoms with Crippen LogP contribution in [0.2, 0.25) is 0 Å². The topological polar surface area (TPSA) is 26.3 Å². The van der Waals surface area contributed by atoms with Crippen molar-refractivity contribution in [1.29, 1.82) is 0 Å². The number of carbonyl (C=O) groups excluding carboxylic acids is 1. The Labute approximate surface area is 144 Å². The summed E-state index contributed by atoms with van der Waals surface area (Å²) in [6.45, 7) is 6.37. The van der Waals surface area contributed by atoms with Gasteiger partial charge in [0.25, 0.3) is 0 Å². The van der Waals surface area contributed by atoms with Gasteiger partial charge < -0.3 is 4.74 Å². The molecule has 2 atom stereocenters. The van der Waals surface area contributed by atoms with Crippen LogP contribution < -0.4 is 0 Å². The Morgan fingerprint density at radius 1 is 1.12 bits per heavy atom. The molecule has 0 fully saturated rings. The van der Waals surface area contributed by atoms with Crippen molar-refractivity contribution in [3.05, 3.63) is 42.3 Å². The molecular formula is C18H22F5O2+. The number of halogens is 5. The van der Waals surface area contributed by atoms with Crippen LogP contribution in [0.15, 0.2) is 30.3 Å². The average Bonchev–Trinajstić information content (AvgIpc) is 2.51. The Kier molecular flexibility index (Phi) is 6.48. The van der Waals surface area contributed by atoms with Gasteiger partial charge in [-0.2, -0.15) is 22.0 Å². The van der Waals surface area contributed by atoms with E-state index in [2.05, 4.69) is 4.74 Å². The molecule has 0 spiro atoms. The van der Waals surface area contributed by atoms with Crippen molar-refractivity contribution in [2.45, 2.75) is 52.3 Å². The van der Waals surface area contributed by atoms with Crippen molar-refractivity contribution < 1.29 is 31.5 Å². The lowest BCUT2D eigenvalue weighted by Crippen LogP contribution is -2.51. The third-order valence-corrected chi connectivity index (χ3v) is 4.48. The zero-order chi connectivity index (χ0) is 19.5. The van der Waals surface area contributed by atoms with E-state index >= 15 is 0 Å². The first kappa shape index (κ1) is 21.3. The standard InChI is InChI=1S/C18H22F5O2/c1-5-16(4,12(2)3)11-17(19,20)15(18(21,22)23)25-14(24)13-9-7-6-8-10-13/h6-12,15H,5H2,1-4H3/q+1. The molecule has 2 nitrogen and oxygen atoms in total. The number of benzene rings is 1. The summed E-state index contributed by atoms with van der Waals surface area (Å²) in [5, 5.41) is 0. The predicted octanol–water partition coefficient (Wildman–Crippen LogP) is 5.69. The van der Waals surface area contributed by atoms with Gasteiger partial charge in [0, 0.05) is 0 Å². The summed E-state index contributed by atoms with van der Waals surface area (Å²) in [6.07, 6.45) is -8.37. The molecule has 0 N–H and O–H groups in total. The lowest BCUT2D eigenvalue weighted by atomic mass is 9.72. The fourth-order valence-electron chi connectivity index (χ4n) is 2.31. The summed E-state index contributed by atoms with van der Waals surface area (Å²) in [5.41, 5.74) is -1.37. The van der Waals surface area contributed by atoms with E-state index in [0.717, 1.165) is 0 Å². The van der Waals surface area contributed by atoms with E-state index in [-0.39, 0.29) is 17.9 Å². The second-order valence-corrected chi connectivity index (χ2v) is 6.53. The summed E-state index contributed by atoms with van der Waals surface area (Å²) in [4.78, 5) is 11.8. The third-order valence-electron chi connectivity index (χ3n) is 4.48. The van der Waals surface area contributed by atoms with Crippen molar-refractivity contribution >= 4 is 5.97 Å². The van der Waals surface area contributed by atoms with Gasteiger partial charge in [-0.1, -0.05) is 39.0 Å². The Morgan fingerprint density at radius 3 is 2.04 bits per heavy atom. The van der Waals surface area contributed by atoms with Crippen LogP contribution in [0.3, 0.4) is 0 Å². The number of ether oxygens (including phenoxy) is 1. The van der Waals surface area contributed by atoms with E-state index in [9.17, 15) is 26.7 Å². The Balaban J connectivity index is 3.11. The molecule has 0 saturated heterocycles. The molecule has 1 rings (SSSR count). The zero-order valence-corrected chi connectivity index (χ0v) is 14.5. The number of rotatable bonds is 7. The van der Waals surface area contributed by atoms with Gasteiger partial charge in [-0.3, -0.25) is 0 Å². The molecule has 140 valence electrons. The number of hydrogen-bond donors (Lipinski definition) is 0. The first-order chi connectivity index (χ1) is 11.3. The predicted molar refractivity (Wildman–Crippen MR) is 84.2 cm³/mol. The van der Waals surface area contributed by atoms with Gasteiger partial charge in [-0.05, 0) is 31.4 Å². The van der Waals surface area contributed by atoms with Crippen molar-refractivity contribution in [2.75, 3.05) is 0 Å². The molecule has 7 heteroatoms. The summed E-state index contributed by atoms with van der Waals surface area (Å²) < 4.78 is 72.7. The van der Waals surface area contributed by atoms with Crippen molar-refractivity contribution in [3.8, 4) is 0 Å². The smallest absolute Gasteiger partial charge is 0.436 e. The molecule has 1 aromatic carbocycles. The van der Waals surface area contributed by atoms with Crippen LogP contribution in [0.25, 0.3) is 0 Å². The highest BCUT2D eigenvalue weighted by Crippen LogP contribution is 2.45. The van der Waals surface area contributed by atoms with E-state index in [4.69, 9.17) is 0 Å². The molecule has 0 aliphatic rings. The van der Waals surface area contributed by atoms with Gasteiger partial charge >= 0.3 is 24.2 Å². The van der Waals surface area contributed by atoms with Gasteiger partial charge in [0.15, 0.2) is 6.42 Å². The minimum Gasteiger partial charge on any atom is -0.437 e. The lowest BCUT2D eigenvalue weighted by Gasteiger charge is -2.30. The molecule has 2 unspecified atom stereocenters. The molecule has 0 bridgehead atoms. The molecular weight excluding hydrogens is 343 g/mol. The molecule has 0 aromatic heterocycles. The molecule has 1 aromatic rings. The fraction of sp³-hybridized carbons (Fsp3) is 0.556. The SMILES string of the molecule is CCC(C)([CH+]C(F)(F)C(OC(=O)c1ccccc1)C(F)(F)F)C(C)C. The average molecular weight is 365 g/mol. The molecule has 0 radical (unpaired) electrons. The molecule has 0 heterocycles. The summed E-state index contributed by atoms with van der Waals surface area (Å²) in [7, 11) is 0. The highest BCUT2D eigenvalue weighted by molar-refractivity contribution is 5.89. The summed E-state index contributed by atoms with van der Waals surface area (Å²) in [6, 6.07) is 6.73. The molecule has 0 aliphatic carbocycles. The van der Waals surface area contributed by atoms with E-state index < -0.39 is 29.6 Å². The maximum Gasteiger partial charge on any atom is 0.436 e. The van der Waals surface area contributed by atoms with E-state index in [1.54, 1.807) is 20.8 Å². The van der Waals surface area contributed by atoms with Gasteiger partial charge in [0.2, 0.25) is 0 Å². The number of carbonyl (C=O) groups is 1. The molecule has 25 heavy (non-hydrogen) atoms. The van der Waals surface area contributed by atoms with Gasteiger partial charge in [0.1, 0.15) is 5.41 Å². The normalized spacial score (nSPS) is 16.2. The largest absolute Gasteiger partial charge is 0.437 e. The Morgan fingerprint density at radius 2 is 1.64 bits per heavy atom. The monoisotopic (exact) mass is 365 g/mol. The van der Waals surface area contributed by atoms with Gasteiger partial charge in [-0.15, -0.1) is 0 Å². The summed E-state index contributed by atoms with van der Waals surface area (Å²) in [5.74, 6) is -6.13. The Hall–Kier alpha value is -1.79. The van der Waals surface area contributed by atoms with E-state index in [1.165, 1.54) is 37.3 Å². The molecule has 0 saturated carbocycles. The van der Waals surface area contributed by atoms with Crippen molar-refractivity contribution in [3.63, 3.8) is 0 Å². The maximum atomic E-state index is 14.5. The van der Waals surface area contributed by atoms with Crippen LogP contribution in [0.5, 0.6) is 0 Å². The second kappa shape index (κ2) is 7.62. The first-order valence-electron chi connectivity index (χ1n) is 7.91. The first-order valence-corrected chi connectivity index (χ1v) is 7.91. The third kappa shape index (κ3) is 5.34. The van der Waals surface area contributed by atoms with Crippen molar-refractivity contribution in [1.82, 2.24) is 0 Å². The quantitative estimate of drug-likeness (QED) is 0.353. The molecule has 0 aliphatic heterocycles. The minimum absolute atomic E-state index is 0.220. The van der Waals surface area contributed by atoms with E-state index in [0.29, 0.717) is 6.42 Å². The van der Waals surface area contributed by atoms with Crippen LogP contribution in [0.1, 0.15) is 44.5 Å². The fourth-order valence-corrected chi connectivity index (χ4v) is 2.31. The van der Waals surface area contributed by atoms with E-state index in [1.807, 2.05) is 0 Å². The maximum absolute atomic E-state index is 14.5. The number of hydrogen-bond acceptors (Lipinski definition) is 2. The summed E-state index contributed by atoms with van der Waals surface area (Å²) >= 11 is 0. The number of alkyl halides is 5. The van der Waals surface area contributed by atoms with Gasteiger partial charge in [-0.25, -0.2) is 4.79 Å². The van der Waals surface area contributed by atoms with Crippen LogP contribution in [-0.4, -0.2) is 24.2 Å². The highest BCUT2D eigenvalue weighted by atomic mass is 19.4. The lowest BCUT2D eigenvalue weighted by molar-refractivity contribution is -0.263.